The number of fused-ring (bicyclic) bond motifs is 1. The van der Waals surface area contributed by atoms with Crippen LogP contribution in [-0.4, -0.2) is 80.1 Å². The monoisotopic (exact) mass is 424 g/mol. The van der Waals surface area contributed by atoms with Gasteiger partial charge in [0.2, 0.25) is 11.8 Å². The van der Waals surface area contributed by atoms with Gasteiger partial charge in [-0.3, -0.25) is 19.4 Å². The molecule has 0 aliphatic carbocycles. The second-order valence-corrected chi connectivity index (χ2v) is 8.32. The number of amides is 2. The number of carbonyl (C=O) groups is 2. The summed E-state index contributed by atoms with van der Waals surface area (Å²) in [5.41, 5.74) is 1.16. The van der Waals surface area contributed by atoms with Crippen LogP contribution in [0.15, 0.2) is 42.5 Å². The number of hydrogen-bond acceptors (Lipinski definition) is 5. The van der Waals surface area contributed by atoms with Crippen molar-refractivity contribution in [3.05, 3.63) is 48.0 Å². The van der Waals surface area contributed by atoms with Crippen molar-refractivity contribution in [1.29, 1.82) is 0 Å². The van der Waals surface area contributed by atoms with Gasteiger partial charge in [0.1, 0.15) is 0 Å². The first-order chi connectivity index (χ1) is 15.2. The molecule has 1 unspecified atom stereocenters. The molecule has 2 saturated heterocycles. The van der Waals surface area contributed by atoms with Crippen LogP contribution in [-0.2, 0) is 20.9 Å². The van der Waals surface area contributed by atoms with Crippen LogP contribution in [0.25, 0.3) is 10.8 Å². The van der Waals surface area contributed by atoms with Crippen molar-refractivity contribution in [3.8, 4) is 0 Å². The highest BCUT2D eigenvalue weighted by Gasteiger charge is 2.31. The summed E-state index contributed by atoms with van der Waals surface area (Å²) in [5.74, 6) is -0.122. The largest absolute Gasteiger partial charge is 0.379 e. The second-order valence-electron chi connectivity index (χ2n) is 8.32. The van der Waals surface area contributed by atoms with Gasteiger partial charge in [0.05, 0.1) is 25.7 Å². The van der Waals surface area contributed by atoms with Gasteiger partial charge in [-0.1, -0.05) is 36.4 Å². The van der Waals surface area contributed by atoms with E-state index in [9.17, 15) is 9.59 Å². The first-order valence-corrected chi connectivity index (χ1v) is 11.3. The van der Waals surface area contributed by atoms with Crippen LogP contribution in [0.3, 0.4) is 0 Å². The molecule has 31 heavy (non-hydrogen) atoms. The lowest BCUT2D eigenvalue weighted by Crippen LogP contribution is -2.56. The van der Waals surface area contributed by atoms with Crippen molar-refractivity contribution < 1.29 is 14.3 Å². The van der Waals surface area contributed by atoms with E-state index in [2.05, 4.69) is 50.8 Å². The Kier molecular flexibility index (Phi) is 7.51. The Labute approximate surface area is 183 Å². The number of nitrogens with zero attached hydrogens (tertiary/aromatic N) is 2. The number of rotatable bonds is 8. The summed E-state index contributed by atoms with van der Waals surface area (Å²) in [4.78, 5) is 29.5. The maximum atomic E-state index is 12.5. The zero-order valence-corrected chi connectivity index (χ0v) is 18.0. The van der Waals surface area contributed by atoms with E-state index in [1.165, 1.54) is 10.8 Å². The molecule has 2 amide bonds. The number of hydrogen-bond donors (Lipinski definition) is 2. The Hall–Kier alpha value is -2.48. The molecule has 2 N–H and O–H groups in total. The zero-order valence-electron chi connectivity index (χ0n) is 18.0. The SMILES string of the molecule is O=C(CC1C(=O)NCCN1Cc1ccc2ccccc2c1)NCCCN1CCOCC1. The second kappa shape index (κ2) is 10.7. The molecular formula is C24H32N4O3. The van der Waals surface area contributed by atoms with Gasteiger partial charge in [-0.2, -0.15) is 0 Å². The fourth-order valence-electron chi connectivity index (χ4n) is 4.35. The van der Waals surface area contributed by atoms with Crippen molar-refractivity contribution in [3.63, 3.8) is 0 Å². The Balaban J connectivity index is 1.29. The standard InChI is InChI=1S/C24H32N4O3/c29-23(25-8-3-10-27-12-14-31-15-13-27)17-22-24(30)26-9-11-28(22)18-19-6-7-20-4-1-2-5-21(20)16-19/h1-2,4-7,16,22H,3,8-15,17-18H2,(H,25,29)(H,26,30). The van der Waals surface area contributed by atoms with E-state index in [0.717, 1.165) is 51.4 Å². The van der Waals surface area contributed by atoms with Crippen LogP contribution in [0.2, 0.25) is 0 Å². The molecule has 2 aliphatic rings. The number of benzene rings is 2. The highest BCUT2D eigenvalue weighted by atomic mass is 16.5. The topological polar surface area (TPSA) is 73.9 Å². The van der Waals surface area contributed by atoms with Gasteiger partial charge in [0, 0.05) is 39.3 Å². The Morgan fingerprint density at radius 2 is 1.90 bits per heavy atom. The van der Waals surface area contributed by atoms with E-state index in [-0.39, 0.29) is 18.2 Å². The molecular weight excluding hydrogens is 392 g/mol. The Morgan fingerprint density at radius 3 is 2.74 bits per heavy atom. The summed E-state index contributed by atoms with van der Waals surface area (Å²) in [7, 11) is 0. The summed E-state index contributed by atoms with van der Waals surface area (Å²) >= 11 is 0. The summed E-state index contributed by atoms with van der Waals surface area (Å²) in [6.07, 6.45) is 1.10. The first-order valence-electron chi connectivity index (χ1n) is 11.3. The lowest BCUT2D eigenvalue weighted by atomic mass is 10.0. The molecule has 0 aromatic heterocycles. The molecule has 0 radical (unpaired) electrons. The van der Waals surface area contributed by atoms with Crippen LogP contribution in [0.4, 0.5) is 0 Å². The smallest absolute Gasteiger partial charge is 0.237 e. The van der Waals surface area contributed by atoms with Crippen molar-refractivity contribution in [2.75, 3.05) is 52.5 Å². The summed E-state index contributed by atoms with van der Waals surface area (Å²) < 4.78 is 5.36. The lowest BCUT2D eigenvalue weighted by molar-refractivity contribution is -0.134. The third-order valence-corrected chi connectivity index (χ3v) is 6.10. The third-order valence-electron chi connectivity index (χ3n) is 6.10. The number of morpholine rings is 1. The van der Waals surface area contributed by atoms with Gasteiger partial charge in [-0.15, -0.1) is 0 Å². The molecule has 0 saturated carbocycles. The van der Waals surface area contributed by atoms with Gasteiger partial charge < -0.3 is 15.4 Å². The number of ether oxygens (including phenoxy) is 1. The maximum Gasteiger partial charge on any atom is 0.237 e. The van der Waals surface area contributed by atoms with E-state index in [1.54, 1.807) is 0 Å². The fraction of sp³-hybridized carbons (Fsp3) is 0.500. The molecule has 2 fully saturated rings. The van der Waals surface area contributed by atoms with E-state index in [4.69, 9.17) is 4.74 Å². The molecule has 1 atom stereocenters. The summed E-state index contributed by atoms with van der Waals surface area (Å²) in [5, 5.41) is 8.30. The van der Waals surface area contributed by atoms with Gasteiger partial charge in [0.25, 0.3) is 0 Å². The van der Waals surface area contributed by atoms with Crippen LogP contribution < -0.4 is 10.6 Å². The van der Waals surface area contributed by atoms with Gasteiger partial charge >= 0.3 is 0 Å². The van der Waals surface area contributed by atoms with E-state index < -0.39 is 6.04 Å². The van der Waals surface area contributed by atoms with Crippen LogP contribution in [0.5, 0.6) is 0 Å². The van der Waals surface area contributed by atoms with Crippen LogP contribution in [0, 0.1) is 0 Å². The van der Waals surface area contributed by atoms with Gasteiger partial charge in [0.15, 0.2) is 0 Å². The average Bonchev–Trinajstić information content (AvgIpc) is 2.80. The Bertz CT molecular complexity index is 897. The van der Waals surface area contributed by atoms with Crippen molar-refractivity contribution >= 4 is 22.6 Å². The molecule has 4 rings (SSSR count). The summed E-state index contributed by atoms with van der Waals surface area (Å²) in [6.45, 7) is 7.11. The van der Waals surface area contributed by atoms with Crippen molar-refractivity contribution in [2.24, 2.45) is 0 Å². The molecule has 0 bridgehead atoms. The minimum atomic E-state index is -0.431. The maximum absolute atomic E-state index is 12.5. The number of nitrogens with one attached hydrogen (secondary N) is 2. The predicted octanol–water partition coefficient (Wildman–Crippen LogP) is 1.37. The van der Waals surface area contributed by atoms with Gasteiger partial charge in [-0.25, -0.2) is 0 Å². The highest BCUT2D eigenvalue weighted by Crippen LogP contribution is 2.19. The minimum Gasteiger partial charge on any atom is -0.379 e. The predicted molar refractivity (Wildman–Crippen MR) is 121 cm³/mol. The summed E-state index contributed by atoms with van der Waals surface area (Å²) in [6, 6.07) is 14.2. The molecule has 166 valence electrons. The third kappa shape index (κ3) is 6.03. The van der Waals surface area contributed by atoms with Crippen molar-refractivity contribution in [2.45, 2.75) is 25.4 Å². The fourth-order valence-corrected chi connectivity index (χ4v) is 4.35. The molecule has 2 aromatic carbocycles. The molecule has 2 aliphatic heterocycles. The van der Waals surface area contributed by atoms with Crippen LogP contribution >= 0.6 is 0 Å². The van der Waals surface area contributed by atoms with E-state index in [1.807, 2.05) is 12.1 Å². The minimum absolute atomic E-state index is 0.0597. The number of piperazine rings is 1. The van der Waals surface area contributed by atoms with Crippen molar-refractivity contribution in [1.82, 2.24) is 20.4 Å². The molecule has 2 aromatic rings. The molecule has 7 heteroatoms. The quantitative estimate of drug-likeness (QED) is 0.626. The number of carbonyl (C=O) groups excluding carboxylic acids is 2. The van der Waals surface area contributed by atoms with Gasteiger partial charge in [-0.05, 0) is 35.4 Å². The first kappa shape index (κ1) is 21.7. The van der Waals surface area contributed by atoms with E-state index in [0.29, 0.717) is 19.6 Å². The normalized spacial score (nSPS) is 20.5. The highest BCUT2D eigenvalue weighted by molar-refractivity contribution is 5.89. The van der Waals surface area contributed by atoms with E-state index >= 15 is 0 Å². The molecule has 7 nitrogen and oxygen atoms in total. The molecule has 0 spiro atoms. The zero-order chi connectivity index (χ0) is 21.5. The lowest BCUT2D eigenvalue weighted by Gasteiger charge is -2.34. The molecule has 2 heterocycles. The van der Waals surface area contributed by atoms with Crippen LogP contribution in [0.1, 0.15) is 18.4 Å². The Morgan fingerprint density at radius 1 is 1.10 bits per heavy atom. The average molecular weight is 425 g/mol.